The van der Waals surface area contributed by atoms with Crippen LogP contribution in [0.25, 0.3) is 22.0 Å². The first-order valence-electron chi connectivity index (χ1n) is 11.4. The lowest BCUT2D eigenvalue weighted by atomic mass is 10.0. The van der Waals surface area contributed by atoms with E-state index in [1.165, 1.54) is 25.0 Å². The SMILES string of the molecule is Cn1ncc(-c2cnc3cnc(CC(=O)[C@H]4CCCN4)cc3c2)c1CN1CCCCC1. The fraction of sp³-hybridized carbons (Fsp3) is 0.500. The number of nitrogens with one attached hydrogen (secondary N) is 1. The maximum absolute atomic E-state index is 12.5. The summed E-state index contributed by atoms with van der Waals surface area (Å²) in [5.41, 5.74) is 5.07. The van der Waals surface area contributed by atoms with Crippen LogP contribution in [0.15, 0.2) is 30.7 Å². The summed E-state index contributed by atoms with van der Waals surface area (Å²) in [5.74, 6) is 0.226. The Bertz CT molecular complexity index is 1080. The molecular weight excluding hydrogens is 388 g/mol. The maximum atomic E-state index is 12.5. The summed E-state index contributed by atoms with van der Waals surface area (Å²) in [6, 6.07) is 4.15. The summed E-state index contributed by atoms with van der Waals surface area (Å²) >= 11 is 0. The van der Waals surface area contributed by atoms with Crippen molar-refractivity contribution in [3.63, 3.8) is 0 Å². The minimum absolute atomic E-state index is 0.0188. The second-order valence-electron chi connectivity index (χ2n) is 8.85. The van der Waals surface area contributed by atoms with Gasteiger partial charge in [-0.1, -0.05) is 6.42 Å². The van der Waals surface area contributed by atoms with Gasteiger partial charge in [0, 0.05) is 42.0 Å². The van der Waals surface area contributed by atoms with Crippen LogP contribution in [-0.4, -0.2) is 56.1 Å². The topological polar surface area (TPSA) is 75.9 Å². The van der Waals surface area contributed by atoms with Crippen LogP contribution < -0.4 is 5.32 Å². The number of aromatic nitrogens is 4. The number of rotatable bonds is 6. The molecule has 2 aliphatic heterocycles. The molecule has 7 heteroatoms. The quantitative estimate of drug-likeness (QED) is 0.663. The molecule has 2 aliphatic rings. The number of hydrogen-bond acceptors (Lipinski definition) is 6. The maximum Gasteiger partial charge on any atom is 0.155 e. The fourth-order valence-corrected chi connectivity index (χ4v) is 4.80. The van der Waals surface area contributed by atoms with E-state index in [1.807, 2.05) is 30.2 Å². The van der Waals surface area contributed by atoms with Gasteiger partial charge in [0.2, 0.25) is 0 Å². The molecule has 0 aliphatic carbocycles. The van der Waals surface area contributed by atoms with E-state index in [2.05, 4.69) is 31.3 Å². The van der Waals surface area contributed by atoms with E-state index in [1.54, 1.807) is 6.20 Å². The minimum atomic E-state index is -0.0188. The average Bonchev–Trinajstić information content (AvgIpc) is 3.45. The number of nitrogens with zero attached hydrogens (tertiary/aromatic N) is 5. The van der Waals surface area contributed by atoms with E-state index < -0.39 is 0 Å². The molecule has 0 amide bonds. The third kappa shape index (κ3) is 4.38. The number of ketones is 1. The van der Waals surface area contributed by atoms with Crippen molar-refractivity contribution in [2.75, 3.05) is 19.6 Å². The lowest BCUT2D eigenvalue weighted by Gasteiger charge is -2.26. The van der Waals surface area contributed by atoms with Crippen LogP contribution >= 0.6 is 0 Å². The standard InChI is InChI=1S/C24H30N6O/c1-29-23(16-30-8-3-2-4-9-30)20(14-28-29)18-10-17-11-19(26-15-22(17)27-13-18)12-24(31)21-6-5-7-25-21/h10-11,13-15,21,25H,2-9,12,16H2,1H3/t21-/m1/s1. The Hall–Kier alpha value is -2.64. The van der Waals surface area contributed by atoms with Crippen molar-refractivity contribution < 1.29 is 4.79 Å². The van der Waals surface area contributed by atoms with Gasteiger partial charge in [-0.25, -0.2) is 0 Å². The first-order valence-corrected chi connectivity index (χ1v) is 11.4. The molecule has 0 spiro atoms. The highest BCUT2D eigenvalue weighted by atomic mass is 16.1. The lowest BCUT2D eigenvalue weighted by Crippen LogP contribution is -2.32. The lowest BCUT2D eigenvalue weighted by molar-refractivity contribution is -0.120. The molecule has 1 N–H and O–H groups in total. The summed E-state index contributed by atoms with van der Waals surface area (Å²) in [4.78, 5) is 24.2. The van der Waals surface area contributed by atoms with Crippen LogP contribution in [0, 0.1) is 0 Å². The van der Waals surface area contributed by atoms with Gasteiger partial charge in [-0.3, -0.25) is 24.3 Å². The van der Waals surface area contributed by atoms with Crippen molar-refractivity contribution in [1.82, 2.24) is 30.0 Å². The smallest absolute Gasteiger partial charge is 0.155 e. The van der Waals surface area contributed by atoms with Crippen molar-refractivity contribution >= 4 is 16.7 Å². The van der Waals surface area contributed by atoms with Crippen LogP contribution in [0.3, 0.4) is 0 Å². The first-order chi connectivity index (χ1) is 15.2. The number of fused-ring (bicyclic) bond motifs is 1. The number of hydrogen-bond donors (Lipinski definition) is 1. The Morgan fingerprint density at radius 2 is 1.97 bits per heavy atom. The fourth-order valence-electron chi connectivity index (χ4n) is 4.80. The molecule has 3 aromatic heterocycles. The second kappa shape index (κ2) is 8.85. The zero-order chi connectivity index (χ0) is 21.2. The normalized spacial score (nSPS) is 19.8. The zero-order valence-electron chi connectivity index (χ0n) is 18.2. The Morgan fingerprint density at radius 1 is 1.10 bits per heavy atom. The molecular formula is C24H30N6O. The number of piperidine rings is 1. The Kier molecular flexibility index (Phi) is 5.78. The van der Waals surface area contributed by atoms with Gasteiger partial charge in [0.1, 0.15) is 0 Å². The second-order valence-corrected chi connectivity index (χ2v) is 8.85. The highest BCUT2D eigenvalue weighted by Gasteiger charge is 2.22. The molecule has 2 fully saturated rings. The van der Waals surface area contributed by atoms with E-state index in [0.29, 0.717) is 6.42 Å². The molecule has 3 aromatic rings. The monoisotopic (exact) mass is 418 g/mol. The van der Waals surface area contributed by atoms with Gasteiger partial charge in [0.15, 0.2) is 5.78 Å². The number of pyridine rings is 2. The van der Waals surface area contributed by atoms with Gasteiger partial charge < -0.3 is 5.32 Å². The third-order valence-electron chi connectivity index (χ3n) is 6.62. The van der Waals surface area contributed by atoms with E-state index in [0.717, 1.165) is 66.7 Å². The summed E-state index contributed by atoms with van der Waals surface area (Å²) in [7, 11) is 2.02. The molecule has 1 atom stereocenters. The van der Waals surface area contributed by atoms with Gasteiger partial charge in [-0.15, -0.1) is 0 Å². The van der Waals surface area contributed by atoms with Crippen LogP contribution in [-0.2, 0) is 24.8 Å². The summed E-state index contributed by atoms with van der Waals surface area (Å²) in [5, 5.41) is 8.84. The summed E-state index contributed by atoms with van der Waals surface area (Å²) in [6.45, 7) is 4.15. The van der Waals surface area contributed by atoms with Gasteiger partial charge in [0.05, 0.1) is 36.1 Å². The number of aryl methyl sites for hydroxylation is 1. The van der Waals surface area contributed by atoms with Crippen LogP contribution in [0.5, 0.6) is 0 Å². The number of carbonyl (C=O) groups excluding carboxylic acids is 1. The van der Waals surface area contributed by atoms with E-state index in [-0.39, 0.29) is 11.8 Å². The van der Waals surface area contributed by atoms with Gasteiger partial charge in [-0.05, 0) is 57.5 Å². The summed E-state index contributed by atoms with van der Waals surface area (Å²) in [6.07, 6.45) is 11.9. The average molecular weight is 419 g/mol. The van der Waals surface area contributed by atoms with E-state index >= 15 is 0 Å². The molecule has 0 unspecified atom stereocenters. The Balaban J connectivity index is 1.41. The van der Waals surface area contributed by atoms with Gasteiger partial charge in [0.25, 0.3) is 0 Å². The minimum Gasteiger partial charge on any atom is -0.307 e. The largest absolute Gasteiger partial charge is 0.307 e. The molecule has 162 valence electrons. The van der Waals surface area contributed by atoms with Crippen molar-refractivity contribution in [3.8, 4) is 11.1 Å². The van der Waals surface area contributed by atoms with Crippen molar-refractivity contribution in [2.24, 2.45) is 7.05 Å². The van der Waals surface area contributed by atoms with Gasteiger partial charge >= 0.3 is 0 Å². The summed E-state index contributed by atoms with van der Waals surface area (Å²) < 4.78 is 1.99. The Labute approximate surface area is 182 Å². The molecule has 2 saturated heterocycles. The van der Waals surface area contributed by atoms with E-state index in [9.17, 15) is 4.79 Å². The van der Waals surface area contributed by atoms with Crippen LogP contribution in [0.1, 0.15) is 43.5 Å². The number of likely N-dealkylation sites (tertiary alicyclic amines) is 1. The number of carbonyl (C=O) groups is 1. The van der Waals surface area contributed by atoms with Crippen LogP contribution in [0.4, 0.5) is 0 Å². The van der Waals surface area contributed by atoms with Gasteiger partial charge in [-0.2, -0.15) is 5.10 Å². The molecule has 7 nitrogen and oxygen atoms in total. The highest BCUT2D eigenvalue weighted by Crippen LogP contribution is 2.27. The molecule has 0 radical (unpaired) electrons. The van der Waals surface area contributed by atoms with Crippen molar-refractivity contribution in [3.05, 3.63) is 42.1 Å². The highest BCUT2D eigenvalue weighted by molar-refractivity contribution is 5.88. The van der Waals surface area contributed by atoms with Crippen molar-refractivity contribution in [1.29, 1.82) is 0 Å². The van der Waals surface area contributed by atoms with Crippen LogP contribution in [0.2, 0.25) is 0 Å². The predicted octanol–water partition coefficient (Wildman–Crippen LogP) is 2.88. The molecule has 31 heavy (non-hydrogen) atoms. The number of Topliss-reactive ketones (excluding diaryl/α,β-unsaturated/α-hetero) is 1. The first kappa shape index (κ1) is 20.3. The third-order valence-corrected chi connectivity index (χ3v) is 6.62. The Morgan fingerprint density at radius 3 is 2.77 bits per heavy atom. The zero-order valence-corrected chi connectivity index (χ0v) is 18.2. The molecule has 5 heterocycles. The molecule has 0 saturated carbocycles. The van der Waals surface area contributed by atoms with Crippen molar-refractivity contribution in [2.45, 2.75) is 51.1 Å². The predicted molar refractivity (Wildman–Crippen MR) is 121 cm³/mol. The molecule has 0 bridgehead atoms. The molecule has 5 rings (SSSR count). The van der Waals surface area contributed by atoms with E-state index in [4.69, 9.17) is 0 Å². The molecule has 0 aromatic carbocycles.